The molecule has 1 aliphatic heterocycles. The topological polar surface area (TPSA) is 30.5 Å². The van der Waals surface area contributed by atoms with Gasteiger partial charge >= 0.3 is 0 Å². The Labute approximate surface area is 129 Å². The van der Waals surface area contributed by atoms with Gasteiger partial charge in [-0.15, -0.1) is 0 Å². The lowest BCUT2D eigenvalue weighted by Gasteiger charge is -2.20. The summed E-state index contributed by atoms with van der Waals surface area (Å²) in [4.78, 5) is 0. The highest BCUT2D eigenvalue weighted by Crippen LogP contribution is 2.30. The molecule has 3 nitrogen and oxygen atoms in total. The molecule has 2 rings (SSSR count). The smallest absolute Gasteiger partial charge is 0.119 e. The van der Waals surface area contributed by atoms with Crippen LogP contribution < -0.4 is 10.1 Å². The second-order valence-corrected chi connectivity index (χ2v) is 6.60. The van der Waals surface area contributed by atoms with E-state index in [-0.39, 0.29) is 11.7 Å². The zero-order chi connectivity index (χ0) is 15.3. The van der Waals surface area contributed by atoms with Crippen molar-refractivity contribution < 1.29 is 9.47 Å². The van der Waals surface area contributed by atoms with Gasteiger partial charge < -0.3 is 14.8 Å². The molecule has 0 spiro atoms. The van der Waals surface area contributed by atoms with Gasteiger partial charge in [-0.25, -0.2) is 0 Å². The average molecular weight is 291 g/mol. The number of ether oxygens (including phenoxy) is 2. The predicted molar refractivity (Wildman–Crippen MR) is 86.8 cm³/mol. The van der Waals surface area contributed by atoms with Crippen molar-refractivity contribution >= 4 is 0 Å². The highest BCUT2D eigenvalue weighted by atomic mass is 16.6. The second-order valence-electron chi connectivity index (χ2n) is 6.60. The van der Waals surface area contributed by atoms with Gasteiger partial charge in [0.05, 0.1) is 11.7 Å². The quantitative estimate of drug-likeness (QED) is 0.821. The highest BCUT2D eigenvalue weighted by molar-refractivity contribution is 5.30. The third-order valence-electron chi connectivity index (χ3n) is 4.05. The lowest BCUT2D eigenvalue weighted by molar-refractivity contribution is -0.0326. The molecule has 118 valence electrons. The summed E-state index contributed by atoms with van der Waals surface area (Å²) in [7, 11) is 0. The Bertz CT molecular complexity index is 445. The standard InChI is InChI=1S/C18H29NO2/c1-5-11-19-14(2)15-7-6-8-16(12-15)20-13-17-9-10-18(3,4)21-17/h6-8,12,14,17,19H,5,9-11,13H2,1-4H3. The van der Waals surface area contributed by atoms with E-state index in [9.17, 15) is 0 Å². The fraction of sp³-hybridized carbons (Fsp3) is 0.667. The zero-order valence-electron chi connectivity index (χ0n) is 13.8. The summed E-state index contributed by atoms with van der Waals surface area (Å²) in [6.07, 6.45) is 3.56. The molecule has 0 radical (unpaired) electrons. The highest BCUT2D eigenvalue weighted by Gasteiger charge is 2.31. The minimum atomic E-state index is 0.00839. The number of hydrogen-bond acceptors (Lipinski definition) is 3. The molecular weight excluding hydrogens is 262 g/mol. The number of benzene rings is 1. The molecule has 3 heteroatoms. The third kappa shape index (κ3) is 5.01. The van der Waals surface area contributed by atoms with Gasteiger partial charge in [0.25, 0.3) is 0 Å². The molecule has 21 heavy (non-hydrogen) atoms. The fourth-order valence-electron chi connectivity index (χ4n) is 2.74. The van der Waals surface area contributed by atoms with Crippen molar-refractivity contribution in [2.24, 2.45) is 0 Å². The summed E-state index contributed by atoms with van der Waals surface area (Å²) in [5.74, 6) is 0.936. The van der Waals surface area contributed by atoms with Gasteiger partial charge in [-0.05, 0) is 64.3 Å². The lowest BCUT2D eigenvalue weighted by Crippen LogP contribution is -2.24. The average Bonchev–Trinajstić information content (AvgIpc) is 2.82. The van der Waals surface area contributed by atoms with Crippen LogP contribution in [0.1, 0.15) is 58.6 Å². The molecule has 1 aromatic carbocycles. The van der Waals surface area contributed by atoms with Gasteiger partial charge in [0.1, 0.15) is 12.4 Å². The zero-order valence-corrected chi connectivity index (χ0v) is 13.8. The Morgan fingerprint density at radius 2 is 2.24 bits per heavy atom. The SMILES string of the molecule is CCCNC(C)c1cccc(OCC2CCC(C)(C)O2)c1. The Hall–Kier alpha value is -1.06. The summed E-state index contributed by atoms with van der Waals surface area (Å²) in [5, 5.41) is 3.50. The van der Waals surface area contributed by atoms with Crippen LogP contribution in [0, 0.1) is 0 Å². The van der Waals surface area contributed by atoms with Crippen molar-refractivity contribution in [3.05, 3.63) is 29.8 Å². The Kier molecular flexibility index (Phi) is 5.65. The summed E-state index contributed by atoms with van der Waals surface area (Å²) in [6, 6.07) is 8.72. The molecule has 1 saturated heterocycles. The first-order valence-electron chi connectivity index (χ1n) is 8.14. The number of nitrogens with one attached hydrogen (secondary N) is 1. The van der Waals surface area contributed by atoms with E-state index >= 15 is 0 Å². The molecule has 0 amide bonds. The molecule has 1 fully saturated rings. The molecule has 0 saturated carbocycles. The Morgan fingerprint density at radius 3 is 2.90 bits per heavy atom. The minimum Gasteiger partial charge on any atom is -0.491 e. The molecule has 1 heterocycles. The van der Waals surface area contributed by atoms with E-state index in [2.05, 4.69) is 51.2 Å². The first-order chi connectivity index (χ1) is 10.00. The van der Waals surface area contributed by atoms with E-state index in [1.165, 1.54) is 5.56 Å². The molecule has 0 bridgehead atoms. The minimum absolute atomic E-state index is 0.00839. The summed E-state index contributed by atoms with van der Waals surface area (Å²) in [6.45, 7) is 10.4. The first kappa shape index (κ1) is 16.3. The predicted octanol–water partition coefficient (Wildman–Crippen LogP) is 4.08. The van der Waals surface area contributed by atoms with Crippen LogP contribution in [0.2, 0.25) is 0 Å². The van der Waals surface area contributed by atoms with E-state index in [0.717, 1.165) is 31.6 Å². The van der Waals surface area contributed by atoms with Crippen LogP contribution in [0.3, 0.4) is 0 Å². The summed E-state index contributed by atoms with van der Waals surface area (Å²) >= 11 is 0. The molecular formula is C18H29NO2. The van der Waals surface area contributed by atoms with Crippen molar-refractivity contribution in [3.63, 3.8) is 0 Å². The van der Waals surface area contributed by atoms with Crippen molar-refractivity contribution in [2.75, 3.05) is 13.2 Å². The maximum atomic E-state index is 5.96. The van der Waals surface area contributed by atoms with Gasteiger partial charge in [-0.3, -0.25) is 0 Å². The van der Waals surface area contributed by atoms with Crippen LogP contribution in [0.15, 0.2) is 24.3 Å². The third-order valence-corrected chi connectivity index (χ3v) is 4.05. The van der Waals surface area contributed by atoms with Crippen molar-refractivity contribution in [1.82, 2.24) is 5.32 Å². The molecule has 1 aliphatic rings. The van der Waals surface area contributed by atoms with E-state index in [0.29, 0.717) is 12.6 Å². The van der Waals surface area contributed by atoms with Crippen LogP contribution in [-0.4, -0.2) is 24.9 Å². The van der Waals surface area contributed by atoms with E-state index in [1.54, 1.807) is 0 Å². The fourth-order valence-corrected chi connectivity index (χ4v) is 2.74. The largest absolute Gasteiger partial charge is 0.491 e. The van der Waals surface area contributed by atoms with Crippen LogP contribution >= 0.6 is 0 Å². The van der Waals surface area contributed by atoms with Gasteiger partial charge in [-0.1, -0.05) is 19.1 Å². The molecule has 1 aromatic rings. The molecule has 2 unspecified atom stereocenters. The van der Waals surface area contributed by atoms with Gasteiger partial charge in [-0.2, -0.15) is 0 Å². The lowest BCUT2D eigenvalue weighted by atomic mass is 10.1. The van der Waals surface area contributed by atoms with Crippen molar-refractivity contribution in [2.45, 2.75) is 64.7 Å². The van der Waals surface area contributed by atoms with Crippen LogP contribution in [0.25, 0.3) is 0 Å². The second kappa shape index (κ2) is 7.28. The van der Waals surface area contributed by atoms with Gasteiger partial charge in [0.2, 0.25) is 0 Å². The monoisotopic (exact) mass is 291 g/mol. The molecule has 0 aromatic heterocycles. The van der Waals surface area contributed by atoms with E-state index in [4.69, 9.17) is 9.47 Å². The Morgan fingerprint density at radius 1 is 1.43 bits per heavy atom. The number of rotatable bonds is 7. The summed E-state index contributed by atoms with van der Waals surface area (Å²) in [5.41, 5.74) is 1.28. The summed E-state index contributed by atoms with van der Waals surface area (Å²) < 4.78 is 11.9. The van der Waals surface area contributed by atoms with Crippen molar-refractivity contribution in [1.29, 1.82) is 0 Å². The van der Waals surface area contributed by atoms with Crippen LogP contribution in [0.5, 0.6) is 5.75 Å². The van der Waals surface area contributed by atoms with Crippen LogP contribution in [-0.2, 0) is 4.74 Å². The van der Waals surface area contributed by atoms with Crippen molar-refractivity contribution in [3.8, 4) is 5.75 Å². The van der Waals surface area contributed by atoms with Gasteiger partial charge in [0.15, 0.2) is 0 Å². The van der Waals surface area contributed by atoms with E-state index < -0.39 is 0 Å². The maximum Gasteiger partial charge on any atom is 0.119 e. The van der Waals surface area contributed by atoms with E-state index in [1.807, 2.05) is 6.07 Å². The number of hydrogen-bond donors (Lipinski definition) is 1. The molecule has 0 aliphatic carbocycles. The molecule has 1 N–H and O–H groups in total. The maximum absolute atomic E-state index is 5.96. The van der Waals surface area contributed by atoms with Crippen LogP contribution in [0.4, 0.5) is 0 Å². The van der Waals surface area contributed by atoms with Gasteiger partial charge in [0, 0.05) is 6.04 Å². The molecule has 2 atom stereocenters. The first-order valence-corrected chi connectivity index (χ1v) is 8.14. The normalized spacial score (nSPS) is 22.2. The Balaban J connectivity index is 1.86.